The van der Waals surface area contributed by atoms with Crippen molar-refractivity contribution in [2.75, 3.05) is 6.61 Å². The Morgan fingerprint density at radius 2 is 2.42 bits per heavy atom. The van der Waals surface area contributed by atoms with Crippen LogP contribution in [0, 0.1) is 5.82 Å². The van der Waals surface area contributed by atoms with Gasteiger partial charge in [0.15, 0.2) is 0 Å². The summed E-state index contributed by atoms with van der Waals surface area (Å²) in [6.07, 6.45) is 2.76. The third kappa shape index (κ3) is 2.94. The van der Waals surface area contributed by atoms with Gasteiger partial charge < -0.3 is 4.84 Å². The van der Waals surface area contributed by atoms with E-state index in [1.807, 2.05) is 6.92 Å². The highest BCUT2D eigenvalue weighted by atomic mass is 19.1. The Kier molecular flexibility index (Phi) is 3.63. The Morgan fingerprint density at radius 1 is 1.58 bits per heavy atom. The smallest absolute Gasteiger partial charge is 0.141 e. The van der Waals surface area contributed by atoms with E-state index in [-0.39, 0.29) is 5.82 Å². The number of hydrogen-bond acceptors (Lipinski definition) is 3. The average molecular weight is 170 g/mol. The molecule has 1 heterocycles. The van der Waals surface area contributed by atoms with Crippen LogP contribution in [0.25, 0.3) is 0 Å². The standard InChI is InChI=1S/C8H11FN2O/c1-2-12-11-5-7-3-8(9)6-10-4-7/h3-4,6,11H,2,5H2,1H3. The van der Waals surface area contributed by atoms with Crippen molar-refractivity contribution in [1.29, 1.82) is 0 Å². The van der Waals surface area contributed by atoms with Gasteiger partial charge in [-0.2, -0.15) is 5.48 Å². The van der Waals surface area contributed by atoms with Crippen molar-refractivity contribution in [3.05, 3.63) is 29.8 Å². The number of aromatic nitrogens is 1. The van der Waals surface area contributed by atoms with Crippen LogP contribution < -0.4 is 5.48 Å². The van der Waals surface area contributed by atoms with Gasteiger partial charge in [-0.15, -0.1) is 0 Å². The summed E-state index contributed by atoms with van der Waals surface area (Å²) < 4.78 is 12.5. The predicted octanol–water partition coefficient (Wildman–Crippen LogP) is 1.26. The zero-order valence-electron chi connectivity index (χ0n) is 6.88. The number of rotatable bonds is 4. The second-order valence-electron chi connectivity index (χ2n) is 2.27. The number of hydrogen-bond donors (Lipinski definition) is 1. The van der Waals surface area contributed by atoms with E-state index in [2.05, 4.69) is 10.5 Å². The molecule has 0 unspecified atom stereocenters. The lowest BCUT2D eigenvalue weighted by Gasteiger charge is -2.02. The molecule has 0 amide bonds. The van der Waals surface area contributed by atoms with Crippen LogP contribution in [-0.2, 0) is 11.4 Å². The van der Waals surface area contributed by atoms with E-state index in [1.54, 1.807) is 6.20 Å². The highest BCUT2D eigenvalue weighted by molar-refractivity contribution is 5.09. The summed E-state index contributed by atoms with van der Waals surface area (Å²) in [5, 5.41) is 0. The van der Waals surface area contributed by atoms with Crippen LogP contribution in [0.5, 0.6) is 0 Å². The predicted molar refractivity (Wildman–Crippen MR) is 42.7 cm³/mol. The first kappa shape index (κ1) is 9.09. The lowest BCUT2D eigenvalue weighted by Crippen LogP contribution is -2.13. The highest BCUT2D eigenvalue weighted by Crippen LogP contribution is 1.99. The van der Waals surface area contributed by atoms with Crippen molar-refractivity contribution in [2.24, 2.45) is 0 Å². The first-order chi connectivity index (χ1) is 5.83. The molecule has 4 heteroatoms. The summed E-state index contributed by atoms with van der Waals surface area (Å²) in [5.41, 5.74) is 3.44. The molecule has 0 aliphatic rings. The second-order valence-corrected chi connectivity index (χ2v) is 2.27. The molecule has 3 nitrogen and oxygen atoms in total. The molecule has 0 aromatic carbocycles. The van der Waals surface area contributed by atoms with Gasteiger partial charge in [0.25, 0.3) is 0 Å². The quantitative estimate of drug-likeness (QED) is 0.545. The molecule has 0 spiro atoms. The van der Waals surface area contributed by atoms with Crippen LogP contribution in [0.2, 0.25) is 0 Å². The van der Waals surface area contributed by atoms with Gasteiger partial charge >= 0.3 is 0 Å². The number of halogens is 1. The molecule has 0 saturated carbocycles. The topological polar surface area (TPSA) is 34.1 Å². The molecule has 0 bridgehead atoms. The maximum atomic E-state index is 12.5. The van der Waals surface area contributed by atoms with E-state index in [0.717, 1.165) is 5.56 Å². The molecule has 0 fully saturated rings. The minimum absolute atomic E-state index is 0.328. The van der Waals surface area contributed by atoms with Gasteiger partial charge in [0, 0.05) is 12.7 Å². The number of hydroxylamine groups is 1. The van der Waals surface area contributed by atoms with Gasteiger partial charge in [-0.25, -0.2) is 4.39 Å². The van der Waals surface area contributed by atoms with Crippen LogP contribution in [-0.4, -0.2) is 11.6 Å². The molecular formula is C8H11FN2O. The number of nitrogens with one attached hydrogen (secondary N) is 1. The van der Waals surface area contributed by atoms with E-state index in [9.17, 15) is 4.39 Å². The fraction of sp³-hybridized carbons (Fsp3) is 0.375. The summed E-state index contributed by atoms with van der Waals surface area (Å²) >= 11 is 0. The summed E-state index contributed by atoms with van der Waals surface area (Å²) in [6, 6.07) is 1.42. The molecule has 0 radical (unpaired) electrons. The lowest BCUT2D eigenvalue weighted by molar-refractivity contribution is 0.0462. The number of pyridine rings is 1. The van der Waals surface area contributed by atoms with Crippen LogP contribution >= 0.6 is 0 Å². The zero-order valence-corrected chi connectivity index (χ0v) is 6.88. The van der Waals surface area contributed by atoms with E-state index in [0.29, 0.717) is 13.2 Å². The van der Waals surface area contributed by atoms with Crippen molar-refractivity contribution in [1.82, 2.24) is 10.5 Å². The van der Waals surface area contributed by atoms with Crippen molar-refractivity contribution in [3.8, 4) is 0 Å². The third-order valence-electron chi connectivity index (χ3n) is 1.28. The molecule has 1 rings (SSSR count). The Hall–Kier alpha value is -1.00. The molecule has 0 atom stereocenters. The Morgan fingerprint density at radius 3 is 3.08 bits per heavy atom. The Balaban J connectivity index is 2.41. The summed E-state index contributed by atoms with van der Waals surface area (Å²) in [7, 11) is 0. The number of nitrogens with zero attached hydrogens (tertiary/aromatic N) is 1. The molecule has 1 N–H and O–H groups in total. The van der Waals surface area contributed by atoms with E-state index in [4.69, 9.17) is 4.84 Å². The first-order valence-electron chi connectivity index (χ1n) is 3.77. The monoisotopic (exact) mass is 170 g/mol. The summed E-state index contributed by atoms with van der Waals surface area (Å²) in [6.45, 7) is 2.93. The first-order valence-corrected chi connectivity index (χ1v) is 3.77. The van der Waals surface area contributed by atoms with E-state index < -0.39 is 0 Å². The van der Waals surface area contributed by atoms with Crippen molar-refractivity contribution in [3.63, 3.8) is 0 Å². The summed E-state index contributed by atoms with van der Waals surface area (Å²) in [5.74, 6) is -0.328. The normalized spacial score (nSPS) is 10.2. The molecule has 12 heavy (non-hydrogen) atoms. The van der Waals surface area contributed by atoms with E-state index in [1.165, 1.54) is 12.3 Å². The van der Waals surface area contributed by atoms with Crippen molar-refractivity contribution < 1.29 is 9.23 Å². The van der Waals surface area contributed by atoms with Crippen molar-refractivity contribution >= 4 is 0 Å². The molecule has 66 valence electrons. The molecule has 0 aliphatic carbocycles. The maximum absolute atomic E-state index is 12.5. The minimum Gasteiger partial charge on any atom is -0.302 e. The Labute approximate surface area is 70.5 Å². The molecular weight excluding hydrogens is 159 g/mol. The molecule has 0 saturated heterocycles. The van der Waals surface area contributed by atoms with Gasteiger partial charge in [-0.05, 0) is 18.6 Å². The minimum atomic E-state index is -0.328. The van der Waals surface area contributed by atoms with Gasteiger partial charge in [0.2, 0.25) is 0 Å². The van der Waals surface area contributed by atoms with Crippen LogP contribution in [0.1, 0.15) is 12.5 Å². The molecule has 1 aromatic heterocycles. The second kappa shape index (κ2) is 4.79. The van der Waals surface area contributed by atoms with Gasteiger partial charge in [-0.1, -0.05) is 0 Å². The SMILES string of the molecule is CCONCc1cncc(F)c1. The van der Waals surface area contributed by atoms with Crippen LogP contribution in [0.15, 0.2) is 18.5 Å². The Bertz CT molecular complexity index is 242. The largest absolute Gasteiger partial charge is 0.302 e. The third-order valence-corrected chi connectivity index (χ3v) is 1.28. The van der Waals surface area contributed by atoms with E-state index >= 15 is 0 Å². The zero-order chi connectivity index (χ0) is 8.81. The highest BCUT2D eigenvalue weighted by Gasteiger charge is 1.94. The van der Waals surface area contributed by atoms with Gasteiger partial charge in [-0.3, -0.25) is 4.98 Å². The maximum Gasteiger partial charge on any atom is 0.141 e. The fourth-order valence-corrected chi connectivity index (χ4v) is 0.789. The fourth-order valence-electron chi connectivity index (χ4n) is 0.789. The van der Waals surface area contributed by atoms with Crippen molar-refractivity contribution in [2.45, 2.75) is 13.5 Å². The average Bonchev–Trinajstić information content (AvgIpc) is 2.05. The van der Waals surface area contributed by atoms with Gasteiger partial charge in [0.05, 0.1) is 12.8 Å². The molecule has 0 aliphatic heterocycles. The van der Waals surface area contributed by atoms with Crippen LogP contribution in [0.4, 0.5) is 4.39 Å². The van der Waals surface area contributed by atoms with Gasteiger partial charge in [0.1, 0.15) is 5.82 Å². The lowest BCUT2D eigenvalue weighted by atomic mass is 10.3. The molecule has 1 aromatic rings. The summed E-state index contributed by atoms with van der Waals surface area (Å²) in [4.78, 5) is 8.57. The van der Waals surface area contributed by atoms with Crippen LogP contribution in [0.3, 0.4) is 0 Å².